The van der Waals surface area contributed by atoms with Gasteiger partial charge in [0.1, 0.15) is 5.54 Å². The molecule has 5 nitrogen and oxygen atoms in total. The average molecular weight is 277 g/mol. The molecular formula is C15H23N3O2. The Balaban J connectivity index is 1.69. The van der Waals surface area contributed by atoms with Crippen LogP contribution in [0.15, 0.2) is 12.3 Å². The van der Waals surface area contributed by atoms with Crippen molar-refractivity contribution in [3.05, 3.63) is 18.0 Å². The SMILES string of the molecule is Cc1ccnn1CCC1CCCC1(NC1CC1)C(=O)O. The Morgan fingerprint density at radius 2 is 2.35 bits per heavy atom. The summed E-state index contributed by atoms with van der Waals surface area (Å²) in [5.74, 6) is -0.451. The molecule has 5 heteroatoms. The number of nitrogens with zero attached hydrogens (tertiary/aromatic N) is 2. The molecule has 0 spiro atoms. The molecule has 2 aliphatic rings. The number of hydrogen-bond acceptors (Lipinski definition) is 3. The summed E-state index contributed by atoms with van der Waals surface area (Å²) in [5, 5.41) is 17.5. The van der Waals surface area contributed by atoms with E-state index >= 15 is 0 Å². The molecule has 1 aromatic heterocycles. The van der Waals surface area contributed by atoms with Crippen molar-refractivity contribution in [3.8, 4) is 0 Å². The first-order valence-electron chi connectivity index (χ1n) is 7.61. The number of aryl methyl sites for hydroxylation is 2. The van der Waals surface area contributed by atoms with Crippen LogP contribution in [-0.2, 0) is 11.3 Å². The number of carboxylic acids is 1. The highest BCUT2D eigenvalue weighted by atomic mass is 16.4. The van der Waals surface area contributed by atoms with Crippen LogP contribution in [0.5, 0.6) is 0 Å². The van der Waals surface area contributed by atoms with E-state index in [9.17, 15) is 9.90 Å². The quantitative estimate of drug-likeness (QED) is 0.834. The topological polar surface area (TPSA) is 67.2 Å². The lowest BCUT2D eigenvalue weighted by molar-refractivity contribution is -0.147. The second-order valence-corrected chi connectivity index (χ2v) is 6.27. The van der Waals surface area contributed by atoms with Gasteiger partial charge in [-0.15, -0.1) is 0 Å². The summed E-state index contributed by atoms with van der Waals surface area (Å²) in [6.45, 7) is 2.85. The molecule has 1 aromatic rings. The number of aliphatic carboxylic acids is 1. The molecule has 3 rings (SSSR count). The van der Waals surface area contributed by atoms with Crippen LogP contribution >= 0.6 is 0 Å². The summed E-state index contributed by atoms with van der Waals surface area (Å²) in [6.07, 6.45) is 7.72. The van der Waals surface area contributed by atoms with E-state index in [0.29, 0.717) is 6.04 Å². The molecule has 2 aliphatic carbocycles. The molecule has 2 fully saturated rings. The molecule has 2 saturated carbocycles. The Labute approximate surface area is 119 Å². The number of hydrogen-bond donors (Lipinski definition) is 2. The van der Waals surface area contributed by atoms with Crippen LogP contribution in [0.3, 0.4) is 0 Å². The Bertz CT molecular complexity index is 495. The molecule has 2 N–H and O–H groups in total. The second-order valence-electron chi connectivity index (χ2n) is 6.27. The molecule has 0 saturated heterocycles. The van der Waals surface area contributed by atoms with Gasteiger partial charge in [0.2, 0.25) is 0 Å². The smallest absolute Gasteiger partial charge is 0.324 e. The lowest BCUT2D eigenvalue weighted by Crippen LogP contribution is -2.55. The molecule has 0 radical (unpaired) electrons. The molecule has 0 aromatic carbocycles. The molecule has 0 aliphatic heterocycles. The third kappa shape index (κ3) is 2.46. The van der Waals surface area contributed by atoms with E-state index in [1.165, 1.54) is 0 Å². The van der Waals surface area contributed by atoms with Gasteiger partial charge < -0.3 is 5.11 Å². The molecule has 2 unspecified atom stereocenters. The minimum absolute atomic E-state index is 0.212. The maximum Gasteiger partial charge on any atom is 0.324 e. The molecule has 0 amide bonds. The van der Waals surface area contributed by atoms with Crippen molar-refractivity contribution in [2.75, 3.05) is 0 Å². The van der Waals surface area contributed by atoms with E-state index in [1.807, 2.05) is 17.7 Å². The molecule has 0 bridgehead atoms. The molecule has 2 atom stereocenters. The van der Waals surface area contributed by atoms with E-state index in [1.54, 1.807) is 6.20 Å². The first kappa shape index (κ1) is 13.6. The van der Waals surface area contributed by atoms with Gasteiger partial charge in [-0.25, -0.2) is 0 Å². The van der Waals surface area contributed by atoms with E-state index in [2.05, 4.69) is 10.4 Å². The monoisotopic (exact) mass is 277 g/mol. The lowest BCUT2D eigenvalue weighted by Gasteiger charge is -2.33. The summed E-state index contributed by atoms with van der Waals surface area (Å²) < 4.78 is 1.97. The van der Waals surface area contributed by atoms with Crippen molar-refractivity contribution in [2.45, 2.75) is 63.6 Å². The summed E-state index contributed by atoms with van der Waals surface area (Å²) in [7, 11) is 0. The van der Waals surface area contributed by atoms with Gasteiger partial charge in [0.25, 0.3) is 0 Å². The van der Waals surface area contributed by atoms with Crippen LogP contribution < -0.4 is 5.32 Å². The number of nitrogens with one attached hydrogen (secondary N) is 1. The van der Waals surface area contributed by atoms with Crippen molar-refractivity contribution in [1.82, 2.24) is 15.1 Å². The summed E-state index contributed by atoms with van der Waals surface area (Å²) in [5.41, 5.74) is 0.446. The van der Waals surface area contributed by atoms with Gasteiger partial charge in [0.05, 0.1) is 0 Å². The van der Waals surface area contributed by atoms with Gasteiger partial charge in [-0.05, 0) is 51.0 Å². The standard InChI is InChI=1S/C15H23N3O2/c1-11-6-9-16-18(11)10-7-12-3-2-8-15(12,14(19)20)17-13-4-5-13/h6,9,12-13,17H,2-5,7-8,10H2,1H3,(H,19,20). The molecule has 20 heavy (non-hydrogen) atoms. The first-order chi connectivity index (χ1) is 9.62. The maximum absolute atomic E-state index is 11.8. The fourth-order valence-electron chi connectivity index (χ4n) is 3.50. The Kier molecular flexibility index (Phi) is 3.54. The second kappa shape index (κ2) is 5.20. The first-order valence-corrected chi connectivity index (χ1v) is 7.61. The number of aromatic nitrogens is 2. The van der Waals surface area contributed by atoms with Gasteiger partial charge in [0, 0.05) is 24.5 Å². The molecule has 1 heterocycles. The lowest BCUT2D eigenvalue weighted by atomic mass is 9.84. The highest BCUT2D eigenvalue weighted by Gasteiger charge is 2.51. The van der Waals surface area contributed by atoms with Crippen molar-refractivity contribution >= 4 is 5.97 Å². The zero-order valence-corrected chi connectivity index (χ0v) is 12.0. The van der Waals surface area contributed by atoms with Crippen LogP contribution in [0.2, 0.25) is 0 Å². The van der Waals surface area contributed by atoms with E-state index in [0.717, 1.165) is 50.8 Å². The van der Waals surface area contributed by atoms with Crippen molar-refractivity contribution in [1.29, 1.82) is 0 Å². The van der Waals surface area contributed by atoms with Gasteiger partial charge in [-0.2, -0.15) is 5.10 Å². The predicted molar refractivity (Wildman–Crippen MR) is 75.4 cm³/mol. The third-order valence-electron chi connectivity index (χ3n) is 4.86. The largest absolute Gasteiger partial charge is 0.480 e. The Morgan fingerprint density at radius 3 is 2.95 bits per heavy atom. The maximum atomic E-state index is 11.8. The van der Waals surface area contributed by atoms with Gasteiger partial charge in [-0.3, -0.25) is 14.8 Å². The van der Waals surface area contributed by atoms with Gasteiger partial charge in [-0.1, -0.05) is 6.42 Å². The van der Waals surface area contributed by atoms with Crippen LogP contribution in [0.25, 0.3) is 0 Å². The zero-order chi connectivity index (χ0) is 14.2. The van der Waals surface area contributed by atoms with E-state index in [4.69, 9.17) is 0 Å². The van der Waals surface area contributed by atoms with Crippen molar-refractivity contribution < 1.29 is 9.90 Å². The predicted octanol–water partition coefficient (Wildman–Crippen LogP) is 1.96. The average Bonchev–Trinajstić information content (AvgIpc) is 2.97. The highest BCUT2D eigenvalue weighted by molar-refractivity contribution is 5.80. The van der Waals surface area contributed by atoms with Crippen LogP contribution in [0.4, 0.5) is 0 Å². The van der Waals surface area contributed by atoms with Gasteiger partial charge in [0.15, 0.2) is 0 Å². The molecule has 110 valence electrons. The molecular weight excluding hydrogens is 254 g/mol. The number of carboxylic acid groups (broad SMARTS) is 1. The summed E-state index contributed by atoms with van der Waals surface area (Å²) in [6, 6.07) is 2.42. The minimum Gasteiger partial charge on any atom is -0.480 e. The van der Waals surface area contributed by atoms with Crippen LogP contribution in [-0.4, -0.2) is 32.4 Å². The fourth-order valence-corrected chi connectivity index (χ4v) is 3.50. The fraction of sp³-hybridized carbons (Fsp3) is 0.733. The Hall–Kier alpha value is -1.36. The highest BCUT2D eigenvalue weighted by Crippen LogP contribution is 2.41. The number of carbonyl (C=O) groups is 1. The van der Waals surface area contributed by atoms with E-state index in [-0.39, 0.29) is 5.92 Å². The third-order valence-corrected chi connectivity index (χ3v) is 4.86. The van der Waals surface area contributed by atoms with E-state index < -0.39 is 11.5 Å². The van der Waals surface area contributed by atoms with Crippen LogP contribution in [0.1, 0.15) is 44.2 Å². The van der Waals surface area contributed by atoms with Crippen LogP contribution in [0, 0.1) is 12.8 Å². The zero-order valence-electron chi connectivity index (χ0n) is 12.0. The van der Waals surface area contributed by atoms with Gasteiger partial charge >= 0.3 is 5.97 Å². The Morgan fingerprint density at radius 1 is 1.55 bits per heavy atom. The minimum atomic E-state index is -0.692. The summed E-state index contributed by atoms with van der Waals surface area (Å²) >= 11 is 0. The normalized spacial score (nSPS) is 29.8. The summed E-state index contributed by atoms with van der Waals surface area (Å²) in [4.78, 5) is 11.8. The van der Waals surface area contributed by atoms with Crippen molar-refractivity contribution in [3.63, 3.8) is 0 Å². The number of rotatable bonds is 6. The van der Waals surface area contributed by atoms with Crippen molar-refractivity contribution in [2.24, 2.45) is 5.92 Å².